The van der Waals surface area contributed by atoms with Gasteiger partial charge < -0.3 is 10.2 Å². The smallest absolute Gasteiger partial charge is 0.228 e. The van der Waals surface area contributed by atoms with Crippen molar-refractivity contribution in [2.75, 3.05) is 20.1 Å². The molecule has 0 unspecified atom stereocenters. The van der Waals surface area contributed by atoms with Gasteiger partial charge in [0.15, 0.2) is 0 Å². The lowest BCUT2D eigenvalue weighted by Crippen LogP contribution is -2.44. The zero-order chi connectivity index (χ0) is 20.1. The van der Waals surface area contributed by atoms with Crippen molar-refractivity contribution in [1.29, 1.82) is 0 Å². The highest BCUT2D eigenvalue weighted by molar-refractivity contribution is 5.86. The molecule has 0 saturated carbocycles. The zero-order valence-electron chi connectivity index (χ0n) is 17.1. The van der Waals surface area contributed by atoms with Gasteiger partial charge in [-0.3, -0.25) is 9.59 Å². The number of hydrogen-bond acceptors (Lipinski definition) is 2. The number of nitrogens with zero attached hydrogens (tertiary/aromatic N) is 1. The first-order chi connectivity index (χ1) is 13.5. The highest BCUT2D eigenvalue weighted by atomic mass is 16.2. The Kier molecular flexibility index (Phi) is 6.18. The second-order valence-corrected chi connectivity index (χ2v) is 7.88. The number of rotatable bonds is 6. The Morgan fingerprint density at radius 1 is 1.14 bits per heavy atom. The molecular formula is C24H30N2O2. The van der Waals surface area contributed by atoms with Crippen molar-refractivity contribution >= 4 is 11.8 Å². The molecule has 1 N–H and O–H groups in total. The third-order valence-electron chi connectivity index (χ3n) is 5.75. The molecule has 4 heteroatoms. The highest BCUT2D eigenvalue weighted by Crippen LogP contribution is 2.38. The van der Waals surface area contributed by atoms with Crippen molar-refractivity contribution in [3.8, 4) is 11.1 Å². The summed E-state index contributed by atoms with van der Waals surface area (Å²) < 4.78 is 0. The minimum Gasteiger partial charge on any atom is -0.359 e. The SMILES string of the molecule is CCCC(=O)N1CC[C@](Cc2ccccc2-c2cccc(C)c2)(C(=O)NC)C1. The lowest BCUT2D eigenvalue weighted by Gasteiger charge is -2.28. The Hall–Kier alpha value is -2.62. The fraction of sp³-hybridized carbons (Fsp3) is 0.417. The molecule has 2 amide bonds. The summed E-state index contributed by atoms with van der Waals surface area (Å²) in [4.78, 5) is 27.2. The van der Waals surface area contributed by atoms with Crippen molar-refractivity contribution in [2.24, 2.45) is 5.41 Å². The van der Waals surface area contributed by atoms with Gasteiger partial charge >= 0.3 is 0 Å². The molecule has 148 valence electrons. The summed E-state index contributed by atoms with van der Waals surface area (Å²) in [5, 5.41) is 2.85. The number of carbonyl (C=O) groups excluding carboxylic acids is 2. The highest BCUT2D eigenvalue weighted by Gasteiger charge is 2.45. The topological polar surface area (TPSA) is 49.4 Å². The number of aryl methyl sites for hydroxylation is 1. The standard InChI is InChI=1S/C24H30N2O2/c1-4-8-22(27)26-14-13-24(17-26,23(28)25-3)16-20-10-5-6-12-21(20)19-11-7-9-18(2)15-19/h5-7,9-12,15H,4,8,13-14,16-17H2,1-3H3,(H,25,28)/t24-/m1/s1. The number of carbonyl (C=O) groups is 2. The van der Waals surface area contributed by atoms with Crippen molar-refractivity contribution in [3.63, 3.8) is 0 Å². The predicted molar refractivity (Wildman–Crippen MR) is 113 cm³/mol. The van der Waals surface area contributed by atoms with Crippen LogP contribution in [-0.4, -0.2) is 36.9 Å². The van der Waals surface area contributed by atoms with Gasteiger partial charge in [-0.25, -0.2) is 0 Å². The number of amides is 2. The lowest BCUT2D eigenvalue weighted by molar-refractivity contribution is -0.133. The van der Waals surface area contributed by atoms with Crippen LogP contribution in [0.3, 0.4) is 0 Å². The molecular weight excluding hydrogens is 348 g/mol. The summed E-state index contributed by atoms with van der Waals surface area (Å²) in [6.45, 7) is 5.25. The van der Waals surface area contributed by atoms with Crippen molar-refractivity contribution in [2.45, 2.75) is 39.5 Å². The van der Waals surface area contributed by atoms with E-state index in [1.165, 1.54) is 11.1 Å². The minimum atomic E-state index is -0.571. The lowest BCUT2D eigenvalue weighted by atomic mass is 9.78. The first-order valence-electron chi connectivity index (χ1n) is 10.1. The summed E-state index contributed by atoms with van der Waals surface area (Å²) in [5.41, 5.74) is 4.12. The van der Waals surface area contributed by atoms with Crippen molar-refractivity contribution < 1.29 is 9.59 Å². The van der Waals surface area contributed by atoms with E-state index < -0.39 is 5.41 Å². The van der Waals surface area contributed by atoms with Crippen LogP contribution in [-0.2, 0) is 16.0 Å². The number of hydrogen-bond donors (Lipinski definition) is 1. The van der Waals surface area contributed by atoms with E-state index in [1.807, 2.05) is 24.0 Å². The quantitative estimate of drug-likeness (QED) is 0.827. The van der Waals surface area contributed by atoms with Gasteiger partial charge in [-0.15, -0.1) is 0 Å². The van der Waals surface area contributed by atoms with Gasteiger partial charge in [-0.2, -0.15) is 0 Å². The van der Waals surface area contributed by atoms with E-state index in [0.717, 1.165) is 17.5 Å². The molecule has 4 nitrogen and oxygen atoms in total. The van der Waals surface area contributed by atoms with Gasteiger partial charge in [0.1, 0.15) is 0 Å². The molecule has 0 radical (unpaired) electrons. The Balaban J connectivity index is 1.94. The second-order valence-electron chi connectivity index (χ2n) is 7.88. The average Bonchev–Trinajstić information content (AvgIpc) is 3.13. The molecule has 0 aromatic heterocycles. The van der Waals surface area contributed by atoms with Gasteiger partial charge in [0.05, 0.1) is 5.41 Å². The maximum atomic E-state index is 12.9. The summed E-state index contributed by atoms with van der Waals surface area (Å²) >= 11 is 0. The molecule has 1 saturated heterocycles. The van der Waals surface area contributed by atoms with Crippen molar-refractivity contribution in [3.05, 3.63) is 59.7 Å². The Morgan fingerprint density at radius 2 is 1.93 bits per heavy atom. The monoisotopic (exact) mass is 378 g/mol. The van der Waals surface area contributed by atoms with Crippen LogP contribution in [0.4, 0.5) is 0 Å². The molecule has 2 aromatic rings. The van der Waals surface area contributed by atoms with Crippen LogP contribution >= 0.6 is 0 Å². The van der Waals surface area contributed by atoms with E-state index >= 15 is 0 Å². The maximum absolute atomic E-state index is 12.9. The van der Waals surface area contributed by atoms with Crippen LogP contribution in [0.2, 0.25) is 0 Å². The molecule has 0 aliphatic carbocycles. The fourth-order valence-electron chi connectivity index (χ4n) is 4.27. The molecule has 1 heterocycles. The molecule has 1 fully saturated rings. The molecule has 1 aliphatic rings. The van der Waals surface area contributed by atoms with E-state index in [4.69, 9.17) is 0 Å². The molecule has 3 rings (SSSR count). The van der Waals surface area contributed by atoms with Gasteiger partial charge in [-0.05, 0) is 42.9 Å². The summed E-state index contributed by atoms with van der Waals surface area (Å²) in [7, 11) is 1.69. The summed E-state index contributed by atoms with van der Waals surface area (Å²) in [6, 6.07) is 16.8. The van der Waals surface area contributed by atoms with Crippen LogP contribution in [0.25, 0.3) is 11.1 Å². The number of likely N-dealkylation sites (tertiary alicyclic amines) is 1. The Bertz CT molecular complexity index is 861. The van der Waals surface area contributed by atoms with E-state index in [2.05, 4.69) is 48.6 Å². The van der Waals surface area contributed by atoms with Crippen LogP contribution in [0, 0.1) is 12.3 Å². The van der Waals surface area contributed by atoms with Crippen LogP contribution < -0.4 is 5.32 Å². The zero-order valence-corrected chi connectivity index (χ0v) is 17.1. The van der Waals surface area contributed by atoms with E-state index in [9.17, 15) is 9.59 Å². The first kappa shape index (κ1) is 20.1. The van der Waals surface area contributed by atoms with Gasteiger partial charge in [-0.1, -0.05) is 61.0 Å². The average molecular weight is 379 g/mol. The van der Waals surface area contributed by atoms with Crippen LogP contribution in [0.5, 0.6) is 0 Å². The minimum absolute atomic E-state index is 0.0262. The molecule has 28 heavy (non-hydrogen) atoms. The van der Waals surface area contributed by atoms with Gasteiger partial charge in [0.2, 0.25) is 11.8 Å². The third-order valence-corrected chi connectivity index (χ3v) is 5.75. The molecule has 0 spiro atoms. The summed E-state index contributed by atoms with van der Waals surface area (Å²) in [5.74, 6) is 0.179. The number of benzene rings is 2. The predicted octanol–water partition coefficient (Wildman–Crippen LogP) is 3.97. The van der Waals surface area contributed by atoms with Crippen molar-refractivity contribution in [1.82, 2.24) is 10.2 Å². The largest absolute Gasteiger partial charge is 0.359 e. The first-order valence-corrected chi connectivity index (χ1v) is 10.1. The molecule has 1 atom stereocenters. The number of nitrogens with one attached hydrogen (secondary N) is 1. The maximum Gasteiger partial charge on any atom is 0.228 e. The fourth-order valence-corrected chi connectivity index (χ4v) is 4.27. The van der Waals surface area contributed by atoms with E-state index in [-0.39, 0.29) is 11.8 Å². The normalized spacial score (nSPS) is 18.9. The van der Waals surface area contributed by atoms with Crippen LogP contribution in [0.15, 0.2) is 48.5 Å². The summed E-state index contributed by atoms with van der Waals surface area (Å²) in [6.07, 6.45) is 2.71. The van der Waals surface area contributed by atoms with Gasteiger partial charge in [0.25, 0.3) is 0 Å². The Labute approximate surface area is 167 Å². The molecule has 0 bridgehead atoms. The second kappa shape index (κ2) is 8.59. The van der Waals surface area contributed by atoms with Crippen LogP contribution in [0.1, 0.15) is 37.3 Å². The van der Waals surface area contributed by atoms with E-state index in [0.29, 0.717) is 32.4 Å². The van der Waals surface area contributed by atoms with E-state index in [1.54, 1.807) is 7.05 Å². The Morgan fingerprint density at radius 3 is 2.64 bits per heavy atom. The molecule has 2 aromatic carbocycles. The van der Waals surface area contributed by atoms with Gasteiger partial charge in [0, 0.05) is 26.6 Å². The molecule has 1 aliphatic heterocycles. The third kappa shape index (κ3) is 4.11.